The van der Waals surface area contributed by atoms with E-state index in [-0.39, 0.29) is 12.7 Å². The molecule has 1 aromatic rings. The Balaban J connectivity index is 2.73. The van der Waals surface area contributed by atoms with Crippen molar-refractivity contribution in [3.63, 3.8) is 0 Å². The highest BCUT2D eigenvalue weighted by atomic mass is 16.7. The largest absolute Gasteiger partial charge is 0.468 e. The second-order valence-electron chi connectivity index (χ2n) is 3.05. The number of methoxy groups -OCH3 is 1. The van der Waals surface area contributed by atoms with E-state index in [1.165, 1.54) is 0 Å². The second-order valence-corrected chi connectivity index (χ2v) is 3.05. The second kappa shape index (κ2) is 5.40. The highest BCUT2D eigenvalue weighted by Crippen LogP contribution is 2.19. The summed E-state index contributed by atoms with van der Waals surface area (Å²) in [5.74, 6) is 0.624. The van der Waals surface area contributed by atoms with Crippen molar-refractivity contribution in [1.82, 2.24) is 0 Å². The third-order valence-electron chi connectivity index (χ3n) is 1.93. The van der Waals surface area contributed by atoms with Crippen molar-refractivity contribution in [2.45, 2.75) is 12.8 Å². The molecule has 0 fully saturated rings. The fourth-order valence-corrected chi connectivity index (χ4v) is 1.09. The van der Waals surface area contributed by atoms with E-state index >= 15 is 0 Å². The molecule has 76 valence electrons. The SMILES string of the molecule is COCOc1cccc(C(C)C=O)c1. The third kappa shape index (κ3) is 2.85. The fourth-order valence-electron chi connectivity index (χ4n) is 1.09. The highest BCUT2D eigenvalue weighted by Gasteiger charge is 2.04. The number of carbonyl (C=O) groups excluding carboxylic acids is 1. The molecule has 1 unspecified atom stereocenters. The van der Waals surface area contributed by atoms with Gasteiger partial charge >= 0.3 is 0 Å². The molecule has 1 rings (SSSR count). The first-order valence-corrected chi connectivity index (χ1v) is 4.45. The van der Waals surface area contributed by atoms with E-state index < -0.39 is 0 Å². The van der Waals surface area contributed by atoms with Gasteiger partial charge in [-0.2, -0.15) is 0 Å². The van der Waals surface area contributed by atoms with Crippen LogP contribution in [0.2, 0.25) is 0 Å². The van der Waals surface area contributed by atoms with Gasteiger partial charge in [0.15, 0.2) is 6.79 Å². The quantitative estimate of drug-likeness (QED) is 0.531. The molecule has 0 aliphatic heterocycles. The molecule has 0 N–H and O–H groups in total. The lowest BCUT2D eigenvalue weighted by molar-refractivity contribution is -0.108. The van der Waals surface area contributed by atoms with Crippen LogP contribution in [0.1, 0.15) is 18.4 Å². The number of hydrogen-bond acceptors (Lipinski definition) is 3. The van der Waals surface area contributed by atoms with Crippen molar-refractivity contribution < 1.29 is 14.3 Å². The van der Waals surface area contributed by atoms with E-state index in [1.807, 2.05) is 31.2 Å². The van der Waals surface area contributed by atoms with Crippen LogP contribution in [0.25, 0.3) is 0 Å². The minimum Gasteiger partial charge on any atom is -0.468 e. The molecule has 0 aromatic heterocycles. The maximum Gasteiger partial charge on any atom is 0.188 e. The molecule has 3 nitrogen and oxygen atoms in total. The van der Waals surface area contributed by atoms with Gasteiger partial charge in [-0.3, -0.25) is 0 Å². The van der Waals surface area contributed by atoms with Crippen molar-refractivity contribution >= 4 is 6.29 Å². The van der Waals surface area contributed by atoms with Crippen molar-refractivity contribution in [2.24, 2.45) is 0 Å². The Bertz CT molecular complexity index is 296. The minimum absolute atomic E-state index is 0.0962. The summed E-state index contributed by atoms with van der Waals surface area (Å²) in [7, 11) is 1.57. The summed E-state index contributed by atoms with van der Waals surface area (Å²) in [6.45, 7) is 2.07. The molecular weight excluding hydrogens is 180 g/mol. The van der Waals surface area contributed by atoms with E-state index in [4.69, 9.17) is 9.47 Å². The number of ether oxygens (including phenoxy) is 2. The number of hydrogen-bond donors (Lipinski definition) is 0. The van der Waals surface area contributed by atoms with Crippen LogP contribution in [-0.4, -0.2) is 20.2 Å². The molecule has 0 aliphatic carbocycles. The lowest BCUT2D eigenvalue weighted by Crippen LogP contribution is -2.00. The van der Waals surface area contributed by atoms with Gasteiger partial charge in [-0.25, -0.2) is 0 Å². The Hall–Kier alpha value is -1.35. The number of rotatable bonds is 5. The maximum atomic E-state index is 10.6. The van der Waals surface area contributed by atoms with Gasteiger partial charge in [0, 0.05) is 13.0 Å². The van der Waals surface area contributed by atoms with E-state index in [0.717, 1.165) is 17.6 Å². The van der Waals surface area contributed by atoms with Gasteiger partial charge in [-0.1, -0.05) is 19.1 Å². The molecule has 0 aliphatic rings. The van der Waals surface area contributed by atoms with Gasteiger partial charge in [-0.05, 0) is 17.7 Å². The first-order valence-electron chi connectivity index (χ1n) is 4.45. The molecule has 0 radical (unpaired) electrons. The predicted octanol–water partition coefficient (Wildman–Crippen LogP) is 1.97. The fraction of sp³-hybridized carbons (Fsp3) is 0.364. The van der Waals surface area contributed by atoms with Gasteiger partial charge in [0.05, 0.1) is 0 Å². The zero-order valence-corrected chi connectivity index (χ0v) is 8.40. The first-order chi connectivity index (χ1) is 6.77. The molecule has 0 spiro atoms. The van der Waals surface area contributed by atoms with E-state index in [1.54, 1.807) is 7.11 Å². The zero-order chi connectivity index (χ0) is 10.4. The average molecular weight is 194 g/mol. The van der Waals surface area contributed by atoms with E-state index in [0.29, 0.717) is 0 Å². The molecular formula is C11H14O3. The summed E-state index contributed by atoms with van der Waals surface area (Å²) in [5.41, 5.74) is 0.952. The molecule has 0 heterocycles. The van der Waals surface area contributed by atoms with Crippen LogP contribution in [0, 0.1) is 0 Å². The molecule has 3 heteroatoms. The molecule has 0 amide bonds. The molecule has 0 saturated heterocycles. The lowest BCUT2D eigenvalue weighted by atomic mass is 10.0. The smallest absolute Gasteiger partial charge is 0.188 e. The van der Waals surface area contributed by atoms with Crippen LogP contribution < -0.4 is 4.74 Å². The molecule has 1 aromatic carbocycles. The van der Waals surface area contributed by atoms with Gasteiger partial charge in [0.25, 0.3) is 0 Å². The Kier molecular flexibility index (Phi) is 4.13. The number of benzene rings is 1. The summed E-state index contributed by atoms with van der Waals surface area (Å²) in [4.78, 5) is 10.6. The maximum absolute atomic E-state index is 10.6. The Morgan fingerprint density at radius 1 is 1.50 bits per heavy atom. The van der Waals surface area contributed by atoms with Crippen LogP contribution in [0.15, 0.2) is 24.3 Å². The molecule has 0 bridgehead atoms. The van der Waals surface area contributed by atoms with Crippen molar-refractivity contribution in [3.8, 4) is 5.75 Å². The molecule has 0 saturated carbocycles. The summed E-state index contributed by atoms with van der Waals surface area (Å²) >= 11 is 0. The summed E-state index contributed by atoms with van der Waals surface area (Å²) < 4.78 is 10.0. The monoisotopic (exact) mass is 194 g/mol. The Morgan fingerprint density at radius 2 is 2.29 bits per heavy atom. The van der Waals surface area contributed by atoms with Gasteiger partial charge in [-0.15, -0.1) is 0 Å². The van der Waals surface area contributed by atoms with Crippen LogP contribution in [-0.2, 0) is 9.53 Å². The van der Waals surface area contributed by atoms with E-state index in [2.05, 4.69) is 0 Å². The van der Waals surface area contributed by atoms with Crippen molar-refractivity contribution in [1.29, 1.82) is 0 Å². The van der Waals surface area contributed by atoms with Crippen molar-refractivity contribution in [2.75, 3.05) is 13.9 Å². The van der Waals surface area contributed by atoms with Crippen LogP contribution in [0.4, 0.5) is 0 Å². The normalized spacial score (nSPS) is 12.1. The van der Waals surface area contributed by atoms with Gasteiger partial charge < -0.3 is 14.3 Å². The predicted molar refractivity (Wildman–Crippen MR) is 53.4 cm³/mol. The Labute approximate surface area is 83.6 Å². The highest BCUT2D eigenvalue weighted by molar-refractivity contribution is 5.61. The zero-order valence-electron chi connectivity index (χ0n) is 8.40. The Morgan fingerprint density at radius 3 is 2.93 bits per heavy atom. The van der Waals surface area contributed by atoms with Crippen LogP contribution in [0.5, 0.6) is 5.75 Å². The summed E-state index contributed by atoms with van der Waals surface area (Å²) in [5, 5.41) is 0. The van der Waals surface area contributed by atoms with Gasteiger partial charge in [0.2, 0.25) is 0 Å². The topological polar surface area (TPSA) is 35.5 Å². The summed E-state index contributed by atoms with van der Waals surface area (Å²) in [6, 6.07) is 7.44. The van der Waals surface area contributed by atoms with Crippen LogP contribution >= 0.6 is 0 Å². The molecule has 14 heavy (non-hydrogen) atoms. The number of carbonyl (C=O) groups is 1. The first kappa shape index (κ1) is 10.7. The summed E-state index contributed by atoms with van der Waals surface area (Å²) in [6.07, 6.45) is 0.912. The van der Waals surface area contributed by atoms with Crippen LogP contribution in [0.3, 0.4) is 0 Å². The lowest BCUT2D eigenvalue weighted by Gasteiger charge is -2.08. The average Bonchev–Trinajstić information content (AvgIpc) is 2.25. The van der Waals surface area contributed by atoms with Gasteiger partial charge in [0.1, 0.15) is 12.0 Å². The van der Waals surface area contributed by atoms with E-state index in [9.17, 15) is 4.79 Å². The van der Waals surface area contributed by atoms with Crippen molar-refractivity contribution in [3.05, 3.63) is 29.8 Å². The minimum atomic E-state index is -0.0962. The third-order valence-corrected chi connectivity index (χ3v) is 1.93. The number of aldehydes is 1. The molecule has 1 atom stereocenters. The standard InChI is InChI=1S/C11H14O3/c1-9(7-12)10-4-3-5-11(6-10)14-8-13-2/h3-7,9H,8H2,1-2H3.